The SMILES string of the molecule is Cc1cc2cc(CC(C)(C)N)ccc2[nH]1. The lowest BCUT2D eigenvalue weighted by Gasteiger charge is -2.18. The highest BCUT2D eigenvalue weighted by Gasteiger charge is 2.11. The maximum Gasteiger partial charge on any atom is 0.0456 e. The van der Waals surface area contributed by atoms with E-state index in [-0.39, 0.29) is 5.54 Å². The molecule has 15 heavy (non-hydrogen) atoms. The highest BCUT2D eigenvalue weighted by atomic mass is 14.7. The molecule has 1 aromatic carbocycles. The minimum Gasteiger partial charge on any atom is -0.359 e. The zero-order chi connectivity index (χ0) is 11.1. The van der Waals surface area contributed by atoms with Crippen LogP contribution < -0.4 is 5.73 Å². The number of benzene rings is 1. The molecule has 0 fully saturated rings. The van der Waals surface area contributed by atoms with E-state index in [0.29, 0.717) is 0 Å². The standard InChI is InChI=1S/C13H18N2/c1-9-6-11-7-10(8-13(2,3)14)4-5-12(11)15-9/h4-7,15H,8,14H2,1-3H3. The molecule has 1 aromatic heterocycles. The van der Waals surface area contributed by atoms with Gasteiger partial charge >= 0.3 is 0 Å². The van der Waals surface area contributed by atoms with Gasteiger partial charge in [-0.1, -0.05) is 6.07 Å². The van der Waals surface area contributed by atoms with Crippen LogP contribution in [0.5, 0.6) is 0 Å². The Morgan fingerprint density at radius 1 is 1.27 bits per heavy atom. The summed E-state index contributed by atoms with van der Waals surface area (Å²) in [5.74, 6) is 0. The molecule has 3 N–H and O–H groups in total. The predicted octanol–water partition coefficient (Wildman–Crippen LogP) is 2.76. The maximum atomic E-state index is 6.01. The molecule has 0 aliphatic heterocycles. The number of fused-ring (bicyclic) bond motifs is 1. The minimum absolute atomic E-state index is 0.140. The molecule has 0 saturated heterocycles. The number of nitrogens with two attached hydrogens (primary N) is 1. The molecule has 2 heteroatoms. The highest BCUT2D eigenvalue weighted by molar-refractivity contribution is 5.81. The number of rotatable bonds is 2. The van der Waals surface area contributed by atoms with E-state index in [2.05, 4.69) is 50.0 Å². The van der Waals surface area contributed by atoms with Crippen LogP contribution in [-0.4, -0.2) is 10.5 Å². The van der Waals surface area contributed by atoms with Gasteiger partial charge in [0.15, 0.2) is 0 Å². The van der Waals surface area contributed by atoms with Crippen molar-refractivity contribution in [1.29, 1.82) is 0 Å². The van der Waals surface area contributed by atoms with Gasteiger partial charge in [0.05, 0.1) is 0 Å². The molecule has 0 aliphatic rings. The Kier molecular flexibility index (Phi) is 2.31. The molecule has 0 atom stereocenters. The summed E-state index contributed by atoms with van der Waals surface area (Å²) in [5, 5.41) is 1.27. The number of nitrogens with one attached hydrogen (secondary N) is 1. The quantitative estimate of drug-likeness (QED) is 0.772. The maximum absolute atomic E-state index is 6.01. The minimum atomic E-state index is -0.140. The zero-order valence-electron chi connectivity index (χ0n) is 9.59. The first-order valence-electron chi connectivity index (χ1n) is 5.31. The first-order chi connectivity index (χ1) is 6.94. The third-order valence-corrected chi connectivity index (χ3v) is 2.48. The van der Waals surface area contributed by atoms with Crippen LogP contribution in [0.3, 0.4) is 0 Å². The van der Waals surface area contributed by atoms with E-state index in [1.54, 1.807) is 0 Å². The van der Waals surface area contributed by atoms with Crippen LogP contribution in [-0.2, 0) is 6.42 Å². The van der Waals surface area contributed by atoms with Crippen molar-refractivity contribution in [3.63, 3.8) is 0 Å². The van der Waals surface area contributed by atoms with Gasteiger partial charge in [0, 0.05) is 16.7 Å². The number of hydrogen-bond acceptors (Lipinski definition) is 1. The normalized spacial score (nSPS) is 12.3. The second-order valence-electron chi connectivity index (χ2n) is 5.04. The van der Waals surface area contributed by atoms with Crippen LogP contribution >= 0.6 is 0 Å². The average Bonchev–Trinajstić information content (AvgIpc) is 2.40. The van der Waals surface area contributed by atoms with E-state index in [1.165, 1.54) is 22.2 Å². The number of aromatic amines is 1. The van der Waals surface area contributed by atoms with E-state index in [1.807, 2.05) is 0 Å². The molecule has 0 amide bonds. The monoisotopic (exact) mass is 202 g/mol. The lowest BCUT2D eigenvalue weighted by atomic mass is 9.95. The van der Waals surface area contributed by atoms with E-state index in [0.717, 1.165) is 6.42 Å². The first-order valence-corrected chi connectivity index (χ1v) is 5.31. The summed E-state index contributed by atoms with van der Waals surface area (Å²) >= 11 is 0. The van der Waals surface area contributed by atoms with Gasteiger partial charge in [0.1, 0.15) is 0 Å². The van der Waals surface area contributed by atoms with Crippen molar-refractivity contribution in [3.8, 4) is 0 Å². The molecule has 0 aliphatic carbocycles. The summed E-state index contributed by atoms with van der Waals surface area (Å²) in [6, 6.07) is 8.66. The molecular formula is C13H18N2. The number of hydrogen-bond donors (Lipinski definition) is 2. The molecular weight excluding hydrogens is 184 g/mol. The second-order valence-corrected chi connectivity index (χ2v) is 5.04. The highest BCUT2D eigenvalue weighted by Crippen LogP contribution is 2.19. The average molecular weight is 202 g/mol. The number of H-pyrrole nitrogens is 1. The van der Waals surface area contributed by atoms with Crippen molar-refractivity contribution in [1.82, 2.24) is 4.98 Å². The largest absolute Gasteiger partial charge is 0.359 e. The topological polar surface area (TPSA) is 41.8 Å². The molecule has 0 unspecified atom stereocenters. The Balaban J connectivity index is 2.38. The van der Waals surface area contributed by atoms with Crippen LogP contribution in [0.25, 0.3) is 10.9 Å². The molecule has 1 heterocycles. The Hall–Kier alpha value is -1.28. The summed E-state index contributed by atoms with van der Waals surface area (Å²) in [5.41, 5.74) is 9.57. The van der Waals surface area contributed by atoms with Crippen molar-refractivity contribution >= 4 is 10.9 Å². The van der Waals surface area contributed by atoms with E-state index in [9.17, 15) is 0 Å². The molecule has 80 valence electrons. The number of aromatic nitrogens is 1. The zero-order valence-corrected chi connectivity index (χ0v) is 9.59. The number of aryl methyl sites for hydroxylation is 1. The van der Waals surface area contributed by atoms with Crippen LogP contribution in [0.4, 0.5) is 0 Å². The van der Waals surface area contributed by atoms with Crippen LogP contribution in [0, 0.1) is 6.92 Å². The third kappa shape index (κ3) is 2.39. The fourth-order valence-corrected chi connectivity index (χ4v) is 1.96. The van der Waals surface area contributed by atoms with E-state index in [4.69, 9.17) is 5.73 Å². The van der Waals surface area contributed by atoms with Gasteiger partial charge < -0.3 is 10.7 Å². The molecule has 2 rings (SSSR count). The van der Waals surface area contributed by atoms with Crippen molar-refractivity contribution in [2.24, 2.45) is 5.73 Å². The van der Waals surface area contributed by atoms with Crippen LogP contribution in [0.1, 0.15) is 25.1 Å². The lowest BCUT2D eigenvalue weighted by Crippen LogP contribution is -2.34. The van der Waals surface area contributed by atoms with Crippen molar-refractivity contribution in [2.45, 2.75) is 32.7 Å². The lowest BCUT2D eigenvalue weighted by molar-refractivity contribution is 0.517. The first kappa shape index (κ1) is 10.2. The Morgan fingerprint density at radius 2 is 2.00 bits per heavy atom. The van der Waals surface area contributed by atoms with Gasteiger partial charge in [-0.05, 0) is 56.3 Å². The van der Waals surface area contributed by atoms with Gasteiger partial charge in [-0.2, -0.15) is 0 Å². The Morgan fingerprint density at radius 3 is 2.67 bits per heavy atom. The molecule has 0 spiro atoms. The van der Waals surface area contributed by atoms with E-state index >= 15 is 0 Å². The molecule has 0 radical (unpaired) electrons. The summed E-state index contributed by atoms with van der Waals surface area (Å²) in [4.78, 5) is 3.32. The Bertz CT molecular complexity index is 475. The molecule has 0 saturated carbocycles. The Labute approximate surface area is 90.5 Å². The van der Waals surface area contributed by atoms with Crippen molar-refractivity contribution in [3.05, 3.63) is 35.5 Å². The summed E-state index contributed by atoms with van der Waals surface area (Å²) in [6.45, 7) is 6.19. The summed E-state index contributed by atoms with van der Waals surface area (Å²) in [7, 11) is 0. The van der Waals surface area contributed by atoms with Crippen LogP contribution in [0.15, 0.2) is 24.3 Å². The molecule has 2 nitrogen and oxygen atoms in total. The van der Waals surface area contributed by atoms with Crippen molar-refractivity contribution in [2.75, 3.05) is 0 Å². The fourth-order valence-electron chi connectivity index (χ4n) is 1.96. The van der Waals surface area contributed by atoms with E-state index < -0.39 is 0 Å². The molecule has 0 bridgehead atoms. The summed E-state index contributed by atoms with van der Waals surface area (Å²) < 4.78 is 0. The fraction of sp³-hybridized carbons (Fsp3) is 0.385. The van der Waals surface area contributed by atoms with Gasteiger partial charge in [-0.3, -0.25) is 0 Å². The van der Waals surface area contributed by atoms with Gasteiger partial charge in [-0.15, -0.1) is 0 Å². The van der Waals surface area contributed by atoms with Gasteiger partial charge in [0.25, 0.3) is 0 Å². The van der Waals surface area contributed by atoms with Gasteiger partial charge in [-0.25, -0.2) is 0 Å². The second kappa shape index (κ2) is 3.38. The van der Waals surface area contributed by atoms with Crippen LogP contribution in [0.2, 0.25) is 0 Å². The van der Waals surface area contributed by atoms with Crippen molar-refractivity contribution < 1.29 is 0 Å². The third-order valence-electron chi connectivity index (χ3n) is 2.48. The summed E-state index contributed by atoms with van der Waals surface area (Å²) in [6.07, 6.45) is 0.910. The van der Waals surface area contributed by atoms with Gasteiger partial charge in [0.2, 0.25) is 0 Å². The predicted molar refractivity (Wildman–Crippen MR) is 65.0 cm³/mol. The molecule has 2 aromatic rings. The smallest absolute Gasteiger partial charge is 0.0456 e.